The van der Waals surface area contributed by atoms with E-state index in [-0.39, 0.29) is 24.0 Å². The average molecular weight is 249 g/mol. The lowest BCUT2D eigenvalue weighted by Crippen LogP contribution is -2.43. The molecule has 90 valence electrons. The molecule has 0 saturated carbocycles. The summed E-state index contributed by atoms with van der Waals surface area (Å²) in [6, 6.07) is 2.52. The molecular formula is C11H15ClF2N2. The maximum Gasteiger partial charge on any atom is 0.133 e. The zero-order valence-corrected chi connectivity index (χ0v) is 9.83. The van der Waals surface area contributed by atoms with Gasteiger partial charge < -0.3 is 10.6 Å². The van der Waals surface area contributed by atoms with Gasteiger partial charge in [-0.15, -0.1) is 12.4 Å². The second kappa shape index (κ2) is 5.57. The molecule has 1 fully saturated rings. The molecule has 16 heavy (non-hydrogen) atoms. The van der Waals surface area contributed by atoms with E-state index in [4.69, 9.17) is 0 Å². The highest BCUT2D eigenvalue weighted by atomic mass is 35.5. The fourth-order valence-corrected chi connectivity index (χ4v) is 1.86. The minimum atomic E-state index is -0.473. The average Bonchev–Trinajstić information content (AvgIpc) is 2.26. The predicted octanol–water partition coefficient (Wildman–Crippen LogP) is 1.93. The Balaban J connectivity index is 0.00000128. The minimum absolute atomic E-state index is 0. The van der Waals surface area contributed by atoms with Gasteiger partial charge in [0, 0.05) is 25.2 Å². The second-order valence-corrected chi connectivity index (χ2v) is 3.80. The van der Waals surface area contributed by atoms with Crippen molar-refractivity contribution >= 4 is 12.4 Å². The van der Waals surface area contributed by atoms with Crippen molar-refractivity contribution in [1.29, 1.82) is 0 Å². The molecule has 1 aromatic carbocycles. The third kappa shape index (κ3) is 2.51. The first-order valence-corrected chi connectivity index (χ1v) is 5.08. The molecule has 2 nitrogen and oxygen atoms in total. The summed E-state index contributed by atoms with van der Waals surface area (Å²) in [5.41, 5.74) is 0.640. The van der Waals surface area contributed by atoms with Crippen molar-refractivity contribution in [3.63, 3.8) is 0 Å². The minimum Gasteiger partial charge on any atom is -0.314 e. The number of nitrogens with one attached hydrogen (secondary N) is 2. The van der Waals surface area contributed by atoms with E-state index in [1.807, 2.05) is 0 Å². The Morgan fingerprint density at radius 3 is 2.62 bits per heavy atom. The third-order valence-electron chi connectivity index (χ3n) is 2.71. The summed E-state index contributed by atoms with van der Waals surface area (Å²) in [7, 11) is 0. The summed E-state index contributed by atoms with van der Waals surface area (Å²) in [5, 5.41) is 6.21. The van der Waals surface area contributed by atoms with E-state index in [0.717, 1.165) is 13.1 Å². The Bertz CT molecular complexity index is 365. The fourth-order valence-electron chi connectivity index (χ4n) is 1.86. The quantitative estimate of drug-likeness (QED) is 0.794. The summed E-state index contributed by atoms with van der Waals surface area (Å²) < 4.78 is 27.2. The molecule has 2 rings (SSSR count). The first-order valence-electron chi connectivity index (χ1n) is 5.08. The number of benzene rings is 1. The van der Waals surface area contributed by atoms with E-state index in [2.05, 4.69) is 10.6 Å². The Kier molecular flexibility index (Phi) is 4.65. The standard InChI is InChI=1S/C11H14F2N2.ClH/c1-7-2-3-8(12)10(11(7)13)9-6-14-4-5-15-9;/h2-3,9,14-15H,4-6H2,1H3;1H/t9-;/m1./s1. The number of rotatable bonds is 1. The van der Waals surface area contributed by atoms with Crippen LogP contribution in [-0.4, -0.2) is 19.6 Å². The van der Waals surface area contributed by atoms with Crippen molar-refractivity contribution in [2.24, 2.45) is 0 Å². The van der Waals surface area contributed by atoms with Crippen LogP contribution in [0.4, 0.5) is 8.78 Å². The molecule has 1 aliphatic heterocycles. The molecule has 1 heterocycles. The van der Waals surface area contributed by atoms with Crippen molar-refractivity contribution in [2.75, 3.05) is 19.6 Å². The van der Waals surface area contributed by atoms with Crippen LogP contribution in [0.2, 0.25) is 0 Å². The van der Waals surface area contributed by atoms with Crippen LogP contribution < -0.4 is 10.6 Å². The van der Waals surface area contributed by atoms with Gasteiger partial charge in [-0.05, 0) is 18.6 Å². The highest BCUT2D eigenvalue weighted by Crippen LogP contribution is 2.23. The molecule has 0 amide bonds. The molecular weight excluding hydrogens is 234 g/mol. The number of piperazine rings is 1. The highest BCUT2D eigenvalue weighted by molar-refractivity contribution is 5.85. The number of hydrogen-bond acceptors (Lipinski definition) is 2. The lowest BCUT2D eigenvalue weighted by Gasteiger charge is -2.25. The van der Waals surface area contributed by atoms with Gasteiger partial charge in [0.15, 0.2) is 0 Å². The Morgan fingerprint density at radius 1 is 1.25 bits per heavy atom. The lowest BCUT2D eigenvalue weighted by molar-refractivity contribution is 0.400. The zero-order chi connectivity index (χ0) is 10.8. The van der Waals surface area contributed by atoms with Crippen LogP contribution in [0.1, 0.15) is 17.2 Å². The van der Waals surface area contributed by atoms with Gasteiger partial charge in [0.25, 0.3) is 0 Å². The first-order chi connectivity index (χ1) is 7.20. The van der Waals surface area contributed by atoms with Gasteiger partial charge in [-0.3, -0.25) is 0 Å². The monoisotopic (exact) mass is 248 g/mol. The number of halogens is 3. The molecule has 0 aliphatic carbocycles. The molecule has 1 aliphatic rings. The molecule has 1 atom stereocenters. The van der Waals surface area contributed by atoms with Crippen molar-refractivity contribution in [1.82, 2.24) is 10.6 Å². The van der Waals surface area contributed by atoms with E-state index in [0.29, 0.717) is 12.1 Å². The van der Waals surface area contributed by atoms with Crippen LogP contribution in [0, 0.1) is 18.6 Å². The lowest BCUT2D eigenvalue weighted by atomic mass is 10.0. The first kappa shape index (κ1) is 13.4. The van der Waals surface area contributed by atoms with Crippen LogP contribution in [0.25, 0.3) is 0 Å². The van der Waals surface area contributed by atoms with Crippen LogP contribution in [0.5, 0.6) is 0 Å². The van der Waals surface area contributed by atoms with Crippen LogP contribution in [0.15, 0.2) is 12.1 Å². The van der Waals surface area contributed by atoms with E-state index < -0.39 is 11.6 Å². The van der Waals surface area contributed by atoms with Crippen molar-refractivity contribution < 1.29 is 8.78 Å². The molecule has 0 radical (unpaired) electrons. The van der Waals surface area contributed by atoms with Crippen molar-refractivity contribution in [2.45, 2.75) is 13.0 Å². The number of hydrogen-bond donors (Lipinski definition) is 2. The maximum atomic E-state index is 13.7. The van der Waals surface area contributed by atoms with Gasteiger partial charge in [0.1, 0.15) is 11.6 Å². The summed E-state index contributed by atoms with van der Waals surface area (Å²) in [6.45, 7) is 3.79. The summed E-state index contributed by atoms with van der Waals surface area (Å²) in [6.07, 6.45) is 0. The predicted molar refractivity (Wildman–Crippen MR) is 62.0 cm³/mol. The second-order valence-electron chi connectivity index (χ2n) is 3.80. The third-order valence-corrected chi connectivity index (χ3v) is 2.71. The van der Waals surface area contributed by atoms with Gasteiger partial charge in [-0.25, -0.2) is 8.78 Å². The molecule has 1 saturated heterocycles. The van der Waals surface area contributed by atoms with E-state index >= 15 is 0 Å². The van der Waals surface area contributed by atoms with E-state index in [9.17, 15) is 8.78 Å². The Hall–Kier alpha value is -0.710. The van der Waals surface area contributed by atoms with Crippen molar-refractivity contribution in [3.05, 3.63) is 34.9 Å². The molecule has 0 bridgehead atoms. The highest BCUT2D eigenvalue weighted by Gasteiger charge is 2.22. The van der Waals surface area contributed by atoms with Gasteiger partial charge in [-0.2, -0.15) is 0 Å². The van der Waals surface area contributed by atoms with Gasteiger partial charge >= 0.3 is 0 Å². The topological polar surface area (TPSA) is 24.1 Å². The molecule has 0 spiro atoms. The largest absolute Gasteiger partial charge is 0.314 e. The summed E-state index contributed by atoms with van der Waals surface area (Å²) in [5.74, 6) is -0.907. The van der Waals surface area contributed by atoms with Crippen LogP contribution >= 0.6 is 12.4 Å². The number of aryl methyl sites for hydroxylation is 1. The molecule has 5 heteroatoms. The van der Waals surface area contributed by atoms with Crippen LogP contribution in [-0.2, 0) is 0 Å². The molecule has 2 N–H and O–H groups in total. The SMILES string of the molecule is Cc1ccc(F)c([C@H]2CNCCN2)c1F.Cl. The van der Waals surface area contributed by atoms with Gasteiger partial charge in [0.05, 0.1) is 6.04 Å². The Labute approximate surface area is 99.8 Å². The molecule has 0 aromatic heterocycles. The molecule has 1 aromatic rings. The molecule has 0 unspecified atom stereocenters. The zero-order valence-electron chi connectivity index (χ0n) is 9.02. The fraction of sp³-hybridized carbons (Fsp3) is 0.455. The van der Waals surface area contributed by atoms with E-state index in [1.165, 1.54) is 12.1 Å². The normalized spacial score (nSPS) is 20.3. The Morgan fingerprint density at radius 2 is 2.00 bits per heavy atom. The maximum absolute atomic E-state index is 13.7. The smallest absolute Gasteiger partial charge is 0.133 e. The van der Waals surface area contributed by atoms with Gasteiger partial charge in [0.2, 0.25) is 0 Å². The summed E-state index contributed by atoms with van der Waals surface area (Å²) >= 11 is 0. The van der Waals surface area contributed by atoms with Crippen LogP contribution in [0.3, 0.4) is 0 Å². The van der Waals surface area contributed by atoms with Gasteiger partial charge in [-0.1, -0.05) is 6.07 Å². The summed E-state index contributed by atoms with van der Waals surface area (Å²) in [4.78, 5) is 0. The van der Waals surface area contributed by atoms with Crippen molar-refractivity contribution in [3.8, 4) is 0 Å². The van der Waals surface area contributed by atoms with E-state index in [1.54, 1.807) is 6.92 Å².